The summed E-state index contributed by atoms with van der Waals surface area (Å²) in [6.45, 7) is 2.37. The summed E-state index contributed by atoms with van der Waals surface area (Å²) < 4.78 is 34.7. The minimum absolute atomic E-state index is 0.143. The summed E-state index contributed by atoms with van der Waals surface area (Å²) in [6.07, 6.45) is 4.27. The smallest absolute Gasteiger partial charge is 0.253 e. The molecule has 9 heteroatoms. The monoisotopic (exact) mass is 514 g/mol. The Morgan fingerprint density at radius 2 is 1.89 bits per heavy atom. The predicted molar refractivity (Wildman–Crippen MR) is 142 cm³/mol. The molecule has 1 aromatic heterocycles. The van der Waals surface area contributed by atoms with E-state index in [0.717, 1.165) is 40.0 Å². The third-order valence-electron chi connectivity index (χ3n) is 6.16. The molecule has 0 bridgehead atoms. The Morgan fingerprint density at radius 1 is 1.17 bits per heavy atom. The van der Waals surface area contributed by atoms with E-state index in [1.165, 1.54) is 11.2 Å². The van der Waals surface area contributed by atoms with Gasteiger partial charge in [-0.05, 0) is 68.7 Å². The first-order valence-electron chi connectivity index (χ1n) is 11.9. The van der Waals surface area contributed by atoms with Crippen LogP contribution in [-0.4, -0.2) is 58.2 Å². The van der Waals surface area contributed by atoms with Crippen LogP contribution in [0.5, 0.6) is 5.75 Å². The molecular formula is C27H34N2O6S. The van der Waals surface area contributed by atoms with Gasteiger partial charge < -0.3 is 24.2 Å². The minimum atomic E-state index is -3.02. The van der Waals surface area contributed by atoms with Gasteiger partial charge in [0.2, 0.25) is 0 Å². The van der Waals surface area contributed by atoms with Crippen molar-refractivity contribution in [1.82, 2.24) is 4.90 Å². The fourth-order valence-electron chi connectivity index (χ4n) is 4.14. The number of carbonyl (C=O) groups is 2. The van der Waals surface area contributed by atoms with Crippen LogP contribution in [0.25, 0.3) is 11.0 Å². The molecule has 1 amide bonds. The van der Waals surface area contributed by atoms with Crippen molar-refractivity contribution in [2.24, 2.45) is 0 Å². The lowest BCUT2D eigenvalue weighted by molar-refractivity contribution is -0.108. The summed E-state index contributed by atoms with van der Waals surface area (Å²) >= 11 is 0. The fraction of sp³-hybridized carbons (Fsp3) is 0.407. The van der Waals surface area contributed by atoms with Crippen LogP contribution in [0.15, 0.2) is 46.9 Å². The van der Waals surface area contributed by atoms with Gasteiger partial charge in [0.05, 0.1) is 13.2 Å². The van der Waals surface area contributed by atoms with Crippen LogP contribution in [0.1, 0.15) is 53.4 Å². The lowest BCUT2D eigenvalue weighted by atomic mass is 10.0. The van der Waals surface area contributed by atoms with Crippen molar-refractivity contribution in [1.29, 1.82) is 0 Å². The summed E-state index contributed by atoms with van der Waals surface area (Å²) in [5.41, 5.74) is 3.09. The lowest BCUT2D eigenvalue weighted by Crippen LogP contribution is -2.27. The number of furan rings is 1. The number of rotatable bonds is 13. The van der Waals surface area contributed by atoms with Gasteiger partial charge in [0.1, 0.15) is 33.2 Å². The lowest BCUT2D eigenvalue weighted by Gasteiger charge is -2.20. The zero-order valence-electron chi connectivity index (χ0n) is 21.2. The standard InChI is InChI=1S/C27H34N2O6S/c1-19-23-18-22(34-3)13-14-25(23)35-26(19)24(8-5-6-17-36(4,32)33)28-21-11-9-20(10-12-21)27(31)29(2)15-7-16-30/h9-14,16,18,24,28H,5-8,15,17H2,1-4H3. The number of aldehydes is 1. The molecule has 1 unspecified atom stereocenters. The van der Waals surface area contributed by atoms with E-state index < -0.39 is 9.84 Å². The van der Waals surface area contributed by atoms with Crippen LogP contribution in [0.4, 0.5) is 5.69 Å². The number of anilines is 1. The Labute approximate surface area is 212 Å². The maximum Gasteiger partial charge on any atom is 0.253 e. The second-order valence-electron chi connectivity index (χ2n) is 9.04. The number of sulfone groups is 1. The first kappa shape index (κ1) is 27.3. The Morgan fingerprint density at radius 3 is 2.53 bits per heavy atom. The van der Waals surface area contributed by atoms with E-state index in [9.17, 15) is 18.0 Å². The molecule has 2 aromatic carbocycles. The van der Waals surface area contributed by atoms with Crippen molar-refractivity contribution >= 4 is 38.7 Å². The molecule has 0 saturated carbocycles. The number of nitrogens with one attached hydrogen (secondary N) is 1. The van der Waals surface area contributed by atoms with E-state index in [1.54, 1.807) is 26.3 Å². The minimum Gasteiger partial charge on any atom is -0.497 e. The molecule has 0 aliphatic rings. The average Bonchev–Trinajstić information content (AvgIpc) is 3.19. The van der Waals surface area contributed by atoms with Crippen molar-refractivity contribution < 1.29 is 27.2 Å². The molecule has 3 aromatic rings. The number of aryl methyl sites for hydroxylation is 1. The summed E-state index contributed by atoms with van der Waals surface area (Å²) in [4.78, 5) is 24.7. The number of ether oxygens (including phenoxy) is 1. The number of benzene rings is 2. The topological polar surface area (TPSA) is 106 Å². The number of methoxy groups -OCH3 is 1. The van der Waals surface area contributed by atoms with Gasteiger partial charge in [-0.25, -0.2) is 8.42 Å². The normalized spacial score (nSPS) is 12.3. The Hall–Kier alpha value is -3.33. The molecule has 1 atom stereocenters. The second kappa shape index (κ2) is 12.1. The predicted octanol–water partition coefficient (Wildman–Crippen LogP) is 4.78. The molecule has 0 aliphatic carbocycles. The maximum atomic E-state index is 12.6. The number of nitrogens with zero attached hydrogens (tertiary/aromatic N) is 1. The van der Waals surface area contributed by atoms with Gasteiger partial charge in [-0.3, -0.25) is 4.79 Å². The first-order valence-corrected chi connectivity index (χ1v) is 14.0. The highest BCUT2D eigenvalue weighted by Crippen LogP contribution is 2.35. The second-order valence-corrected chi connectivity index (χ2v) is 11.3. The molecule has 8 nitrogen and oxygen atoms in total. The molecule has 0 aliphatic heterocycles. The molecule has 0 fully saturated rings. The van der Waals surface area contributed by atoms with Gasteiger partial charge in [0.25, 0.3) is 5.91 Å². The van der Waals surface area contributed by atoms with Gasteiger partial charge in [0.15, 0.2) is 0 Å². The quantitative estimate of drug-likeness (QED) is 0.258. The van der Waals surface area contributed by atoms with E-state index in [-0.39, 0.29) is 17.7 Å². The van der Waals surface area contributed by atoms with Crippen LogP contribution in [0, 0.1) is 6.92 Å². The molecule has 36 heavy (non-hydrogen) atoms. The summed E-state index contributed by atoms with van der Waals surface area (Å²) in [5.74, 6) is 1.52. The van der Waals surface area contributed by atoms with Gasteiger partial charge in [-0.1, -0.05) is 0 Å². The third-order valence-corrected chi connectivity index (χ3v) is 7.19. The van der Waals surface area contributed by atoms with Crippen LogP contribution >= 0.6 is 0 Å². The number of carbonyl (C=O) groups excluding carboxylic acids is 2. The summed E-state index contributed by atoms with van der Waals surface area (Å²) in [6, 6.07) is 12.7. The number of hydrogen-bond donors (Lipinski definition) is 1. The van der Waals surface area contributed by atoms with E-state index in [0.29, 0.717) is 37.8 Å². The molecule has 1 heterocycles. The van der Waals surface area contributed by atoms with Crippen molar-refractivity contribution in [2.75, 3.05) is 38.0 Å². The van der Waals surface area contributed by atoms with Gasteiger partial charge in [-0.15, -0.1) is 0 Å². The van der Waals surface area contributed by atoms with Crippen molar-refractivity contribution in [3.8, 4) is 5.75 Å². The molecule has 194 valence electrons. The van der Waals surface area contributed by atoms with Crippen molar-refractivity contribution in [3.05, 3.63) is 59.4 Å². The Balaban J connectivity index is 1.83. The van der Waals surface area contributed by atoms with Crippen LogP contribution < -0.4 is 10.1 Å². The maximum absolute atomic E-state index is 12.6. The van der Waals surface area contributed by atoms with Gasteiger partial charge in [0, 0.05) is 54.2 Å². The number of amides is 1. The highest BCUT2D eigenvalue weighted by Gasteiger charge is 2.21. The third kappa shape index (κ3) is 7.10. The number of unbranched alkanes of at least 4 members (excludes halogenated alkanes) is 1. The Kier molecular flexibility index (Phi) is 9.14. The highest BCUT2D eigenvalue weighted by atomic mass is 32.2. The molecular weight excluding hydrogens is 480 g/mol. The largest absolute Gasteiger partial charge is 0.497 e. The highest BCUT2D eigenvalue weighted by molar-refractivity contribution is 7.90. The van der Waals surface area contributed by atoms with Gasteiger partial charge in [-0.2, -0.15) is 0 Å². The van der Waals surface area contributed by atoms with Crippen LogP contribution in [-0.2, 0) is 14.6 Å². The van der Waals surface area contributed by atoms with E-state index in [2.05, 4.69) is 5.32 Å². The molecule has 0 radical (unpaired) electrons. The first-order chi connectivity index (χ1) is 17.1. The van der Waals surface area contributed by atoms with Crippen molar-refractivity contribution in [3.63, 3.8) is 0 Å². The number of hydrogen-bond acceptors (Lipinski definition) is 7. The summed E-state index contributed by atoms with van der Waals surface area (Å²) in [5, 5.41) is 4.47. The Bertz CT molecular complexity index is 1300. The zero-order chi connectivity index (χ0) is 26.3. The molecule has 0 saturated heterocycles. The average molecular weight is 515 g/mol. The zero-order valence-corrected chi connectivity index (χ0v) is 22.1. The van der Waals surface area contributed by atoms with Crippen LogP contribution in [0.2, 0.25) is 0 Å². The van der Waals surface area contributed by atoms with E-state index >= 15 is 0 Å². The van der Waals surface area contributed by atoms with E-state index in [4.69, 9.17) is 9.15 Å². The van der Waals surface area contributed by atoms with Crippen molar-refractivity contribution in [2.45, 2.75) is 38.6 Å². The van der Waals surface area contributed by atoms with E-state index in [1.807, 2.05) is 37.3 Å². The molecule has 3 rings (SSSR count). The van der Waals surface area contributed by atoms with Gasteiger partial charge >= 0.3 is 0 Å². The SMILES string of the molecule is COc1ccc2oc(C(CCCCS(C)(=O)=O)Nc3ccc(C(=O)N(C)CCC=O)cc3)c(C)c2c1. The fourth-order valence-corrected chi connectivity index (χ4v) is 4.87. The summed E-state index contributed by atoms with van der Waals surface area (Å²) in [7, 11) is 0.273. The molecule has 1 N–H and O–H groups in total. The number of fused-ring (bicyclic) bond motifs is 1. The molecule has 0 spiro atoms. The van der Waals surface area contributed by atoms with Crippen LogP contribution in [0.3, 0.4) is 0 Å².